The zero-order valence-corrected chi connectivity index (χ0v) is 7.89. The Morgan fingerprint density at radius 3 is 2.86 bits per heavy atom. The van der Waals surface area contributed by atoms with Crippen LogP contribution in [0.1, 0.15) is 18.3 Å². The van der Waals surface area contributed by atoms with Crippen molar-refractivity contribution in [3.63, 3.8) is 0 Å². The van der Waals surface area contributed by atoms with Gasteiger partial charge in [0.1, 0.15) is 5.82 Å². The lowest BCUT2D eigenvalue weighted by Crippen LogP contribution is -2.35. The van der Waals surface area contributed by atoms with Gasteiger partial charge in [-0.05, 0) is 12.5 Å². The summed E-state index contributed by atoms with van der Waals surface area (Å²) in [5.41, 5.74) is 2.76. The quantitative estimate of drug-likeness (QED) is 0.524. The summed E-state index contributed by atoms with van der Waals surface area (Å²) >= 11 is 0. The van der Waals surface area contributed by atoms with Crippen molar-refractivity contribution in [1.82, 2.24) is 15.4 Å². The number of hydrogen-bond donors (Lipinski definition) is 2. The topological polar surface area (TPSA) is 73.1 Å². The Labute approximate surface area is 82.7 Å². The van der Waals surface area contributed by atoms with E-state index in [1.807, 2.05) is 0 Å². The predicted molar refractivity (Wildman–Crippen MR) is 51.0 cm³/mol. The Morgan fingerprint density at radius 1 is 1.50 bits per heavy atom. The lowest BCUT2D eigenvalue weighted by atomic mass is 9.99. The fraction of sp³-hybridized carbons (Fsp3) is 0.556. The molecule has 1 aromatic rings. The number of aromatic nitrogens is 2. The molecule has 14 heavy (non-hydrogen) atoms. The summed E-state index contributed by atoms with van der Waals surface area (Å²) < 4.78 is 5.31. The molecule has 2 rings (SSSR count). The summed E-state index contributed by atoms with van der Waals surface area (Å²) in [5, 5.41) is 0. The molecule has 0 aromatic carbocycles. The molecule has 2 atom stereocenters. The molecule has 1 fully saturated rings. The molecule has 76 valence electrons. The van der Waals surface area contributed by atoms with Crippen LogP contribution in [0.2, 0.25) is 0 Å². The fourth-order valence-corrected chi connectivity index (χ4v) is 1.71. The summed E-state index contributed by atoms with van der Waals surface area (Å²) in [6.45, 7) is 1.53. The van der Waals surface area contributed by atoms with Crippen molar-refractivity contribution in [2.75, 3.05) is 13.2 Å². The highest BCUT2D eigenvalue weighted by Gasteiger charge is 2.27. The minimum absolute atomic E-state index is 0.00120. The van der Waals surface area contributed by atoms with E-state index >= 15 is 0 Å². The largest absolute Gasteiger partial charge is 0.381 e. The van der Waals surface area contributed by atoms with Crippen LogP contribution in [0.5, 0.6) is 0 Å². The zero-order valence-electron chi connectivity index (χ0n) is 7.89. The number of hydrazine groups is 1. The third kappa shape index (κ3) is 1.89. The standard InChI is InChI=1S/C9H14N4O/c10-13-8(7-2-5-14-6-7)9-11-3-1-4-12-9/h1,3-4,7-8,13H,2,5-6,10H2. The van der Waals surface area contributed by atoms with Crippen molar-refractivity contribution >= 4 is 0 Å². The predicted octanol–water partition coefficient (Wildman–Crippen LogP) is 0.0175. The van der Waals surface area contributed by atoms with Crippen LogP contribution in [-0.4, -0.2) is 23.2 Å². The van der Waals surface area contributed by atoms with Crippen molar-refractivity contribution in [3.05, 3.63) is 24.3 Å². The molecule has 1 saturated heterocycles. The van der Waals surface area contributed by atoms with E-state index < -0.39 is 0 Å². The highest BCUT2D eigenvalue weighted by molar-refractivity contribution is 4.98. The van der Waals surface area contributed by atoms with Crippen LogP contribution < -0.4 is 11.3 Å². The van der Waals surface area contributed by atoms with E-state index in [-0.39, 0.29) is 6.04 Å². The number of rotatable bonds is 3. The van der Waals surface area contributed by atoms with E-state index in [1.165, 1.54) is 0 Å². The van der Waals surface area contributed by atoms with E-state index in [4.69, 9.17) is 10.6 Å². The second-order valence-corrected chi connectivity index (χ2v) is 3.37. The first-order valence-electron chi connectivity index (χ1n) is 4.72. The van der Waals surface area contributed by atoms with Crippen molar-refractivity contribution < 1.29 is 4.74 Å². The molecule has 0 radical (unpaired) electrons. The van der Waals surface area contributed by atoms with Crippen LogP contribution in [0.3, 0.4) is 0 Å². The normalized spacial score (nSPS) is 23.6. The van der Waals surface area contributed by atoms with E-state index in [0.717, 1.165) is 25.5 Å². The first-order valence-corrected chi connectivity index (χ1v) is 4.72. The Morgan fingerprint density at radius 2 is 2.29 bits per heavy atom. The fourth-order valence-electron chi connectivity index (χ4n) is 1.71. The van der Waals surface area contributed by atoms with E-state index in [0.29, 0.717) is 5.92 Å². The Hall–Kier alpha value is -1.04. The summed E-state index contributed by atoms with van der Waals surface area (Å²) in [5.74, 6) is 6.62. The van der Waals surface area contributed by atoms with Crippen LogP contribution in [-0.2, 0) is 4.74 Å². The monoisotopic (exact) mass is 194 g/mol. The van der Waals surface area contributed by atoms with Crippen LogP contribution in [0.25, 0.3) is 0 Å². The van der Waals surface area contributed by atoms with Gasteiger partial charge in [-0.2, -0.15) is 0 Å². The maximum atomic E-state index is 5.50. The van der Waals surface area contributed by atoms with Gasteiger partial charge in [-0.25, -0.2) is 15.4 Å². The third-order valence-corrected chi connectivity index (χ3v) is 2.48. The maximum absolute atomic E-state index is 5.50. The molecule has 5 heteroatoms. The van der Waals surface area contributed by atoms with Gasteiger partial charge in [0.05, 0.1) is 12.6 Å². The maximum Gasteiger partial charge on any atom is 0.146 e. The number of nitrogens with zero attached hydrogens (tertiary/aromatic N) is 2. The van der Waals surface area contributed by atoms with Gasteiger partial charge >= 0.3 is 0 Å². The first-order chi connectivity index (χ1) is 6.92. The summed E-state index contributed by atoms with van der Waals surface area (Å²) in [6.07, 6.45) is 4.46. The van der Waals surface area contributed by atoms with Gasteiger partial charge < -0.3 is 4.74 Å². The van der Waals surface area contributed by atoms with Gasteiger partial charge in [0.2, 0.25) is 0 Å². The summed E-state index contributed by atoms with van der Waals surface area (Å²) in [6, 6.07) is 1.79. The molecule has 5 nitrogen and oxygen atoms in total. The summed E-state index contributed by atoms with van der Waals surface area (Å²) in [4.78, 5) is 8.37. The molecule has 2 heterocycles. The Balaban J connectivity index is 2.12. The highest BCUT2D eigenvalue weighted by atomic mass is 16.5. The molecule has 0 saturated carbocycles. The van der Waals surface area contributed by atoms with Crippen LogP contribution in [0, 0.1) is 5.92 Å². The lowest BCUT2D eigenvalue weighted by molar-refractivity contribution is 0.175. The zero-order chi connectivity index (χ0) is 9.80. The van der Waals surface area contributed by atoms with Gasteiger partial charge in [0, 0.05) is 24.9 Å². The van der Waals surface area contributed by atoms with E-state index in [1.54, 1.807) is 18.5 Å². The summed E-state index contributed by atoms with van der Waals surface area (Å²) in [7, 11) is 0. The smallest absolute Gasteiger partial charge is 0.146 e. The first kappa shape index (κ1) is 9.51. The van der Waals surface area contributed by atoms with Crippen molar-refractivity contribution in [3.8, 4) is 0 Å². The van der Waals surface area contributed by atoms with Crippen molar-refractivity contribution in [2.45, 2.75) is 12.5 Å². The minimum atomic E-state index is -0.00120. The molecule has 1 aromatic heterocycles. The third-order valence-electron chi connectivity index (χ3n) is 2.48. The number of nitrogens with one attached hydrogen (secondary N) is 1. The SMILES string of the molecule is NNC(c1ncccn1)C1CCOC1. The molecule has 1 aliphatic heterocycles. The van der Waals surface area contributed by atoms with Crippen molar-refractivity contribution in [2.24, 2.45) is 11.8 Å². The molecule has 0 bridgehead atoms. The van der Waals surface area contributed by atoms with E-state index in [2.05, 4.69) is 15.4 Å². The molecule has 0 amide bonds. The Kier molecular flexibility index (Phi) is 3.03. The van der Waals surface area contributed by atoms with Gasteiger partial charge in [0.25, 0.3) is 0 Å². The van der Waals surface area contributed by atoms with Gasteiger partial charge in [-0.1, -0.05) is 0 Å². The van der Waals surface area contributed by atoms with E-state index in [9.17, 15) is 0 Å². The van der Waals surface area contributed by atoms with Gasteiger partial charge in [-0.15, -0.1) is 0 Å². The van der Waals surface area contributed by atoms with Crippen LogP contribution >= 0.6 is 0 Å². The molecular weight excluding hydrogens is 180 g/mol. The Bertz CT molecular complexity index is 273. The van der Waals surface area contributed by atoms with Crippen molar-refractivity contribution in [1.29, 1.82) is 0 Å². The minimum Gasteiger partial charge on any atom is -0.381 e. The molecule has 1 aliphatic rings. The molecule has 0 aliphatic carbocycles. The second-order valence-electron chi connectivity index (χ2n) is 3.37. The van der Waals surface area contributed by atoms with Crippen LogP contribution in [0.4, 0.5) is 0 Å². The highest BCUT2D eigenvalue weighted by Crippen LogP contribution is 2.25. The number of ether oxygens (including phenoxy) is 1. The average molecular weight is 194 g/mol. The molecular formula is C9H14N4O. The molecule has 2 unspecified atom stereocenters. The molecule has 3 N–H and O–H groups in total. The molecule has 0 spiro atoms. The van der Waals surface area contributed by atoms with Crippen LogP contribution in [0.15, 0.2) is 18.5 Å². The number of hydrogen-bond acceptors (Lipinski definition) is 5. The second kappa shape index (κ2) is 4.45. The average Bonchev–Trinajstić information content (AvgIpc) is 2.74. The van der Waals surface area contributed by atoms with Gasteiger partial charge in [0.15, 0.2) is 0 Å². The lowest BCUT2D eigenvalue weighted by Gasteiger charge is -2.19. The van der Waals surface area contributed by atoms with Gasteiger partial charge in [-0.3, -0.25) is 5.84 Å². The number of nitrogens with two attached hydrogens (primary N) is 1.